The Morgan fingerprint density at radius 2 is 1.93 bits per heavy atom. The van der Waals surface area contributed by atoms with Crippen molar-refractivity contribution < 1.29 is 18.6 Å². The van der Waals surface area contributed by atoms with Gasteiger partial charge in [0, 0.05) is 30.4 Å². The highest BCUT2D eigenvalue weighted by atomic mass is 35.5. The van der Waals surface area contributed by atoms with Gasteiger partial charge in [0.1, 0.15) is 29.8 Å². The van der Waals surface area contributed by atoms with E-state index in [9.17, 15) is 13.9 Å². The first kappa shape index (κ1) is 18.9. The first-order valence-corrected chi connectivity index (χ1v) is 8.87. The van der Waals surface area contributed by atoms with Crippen LogP contribution < -0.4 is 10.1 Å². The molecule has 0 amide bonds. The molecular formula is C19H14ClF2N5O2. The van der Waals surface area contributed by atoms with E-state index in [4.69, 9.17) is 16.3 Å². The average Bonchev–Trinajstić information content (AvgIpc) is 3.05. The van der Waals surface area contributed by atoms with Gasteiger partial charge in [-0.2, -0.15) is 4.98 Å². The minimum Gasteiger partial charge on any atom is -0.487 e. The number of aromatic hydroxyl groups is 1. The smallest absolute Gasteiger partial charge is 0.293 e. The molecule has 0 aliphatic heterocycles. The molecule has 0 aliphatic rings. The van der Waals surface area contributed by atoms with Crippen LogP contribution in [-0.4, -0.2) is 25.0 Å². The summed E-state index contributed by atoms with van der Waals surface area (Å²) in [6.07, 6.45) is 1.61. The van der Waals surface area contributed by atoms with E-state index in [2.05, 4.69) is 25.3 Å². The maximum Gasteiger partial charge on any atom is 0.293 e. The number of nitrogens with zero attached hydrogens (tertiary/aromatic N) is 3. The second kappa shape index (κ2) is 7.88. The lowest BCUT2D eigenvalue weighted by Crippen LogP contribution is -2.07. The van der Waals surface area contributed by atoms with Crippen LogP contribution in [0.15, 0.2) is 42.6 Å². The van der Waals surface area contributed by atoms with Crippen LogP contribution >= 0.6 is 11.6 Å². The van der Waals surface area contributed by atoms with Crippen molar-refractivity contribution >= 4 is 28.6 Å². The van der Waals surface area contributed by atoms with E-state index >= 15 is 0 Å². The maximum atomic E-state index is 14.4. The maximum absolute atomic E-state index is 14.4. The number of rotatable bonds is 6. The fourth-order valence-corrected chi connectivity index (χ4v) is 2.89. The summed E-state index contributed by atoms with van der Waals surface area (Å²) in [5.41, 5.74) is 1.09. The molecule has 0 radical (unpaired) electrons. The van der Waals surface area contributed by atoms with Gasteiger partial charge in [0.15, 0.2) is 5.65 Å². The first-order chi connectivity index (χ1) is 14.0. The third kappa shape index (κ3) is 4.19. The van der Waals surface area contributed by atoms with Gasteiger partial charge in [0.2, 0.25) is 0 Å². The van der Waals surface area contributed by atoms with Crippen molar-refractivity contribution in [1.82, 2.24) is 19.9 Å². The third-order valence-corrected chi connectivity index (χ3v) is 4.36. The van der Waals surface area contributed by atoms with Gasteiger partial charge in [-0.3, -0.25) is 4.98 Å². The zero-order chi connectivity index (χ0) is 20.4. The molecule has 3 N–H and O–H groups in total. The predicted molar refractivity (Wildman–Crippen MR) is 103 cm³/mol. The van der Waals surface area contributed by atoms with Crippen LogP contribution in [-0.2, 0) is 13.2 Å². The third-order valence-electron chi connectivity index (χ3n) is 4.07. The zero-order valence-corrected chi connectivity index (χ0v) is 15.5. The van der Waals surface area contributed by atoms with E-state index in [0.29, 0.717) is 11.2 Å². The van der Waals surface area contributed by atoms with Crippen molar-refractivity contribution in [2.24, 2.45) is 0 Å². The SMILES string of the molecule is Oc1nc2nc(NCc3c(F)cc(OCc4ccccn4)cc3F)c(Cl)cc2[nH]1. The highest BCUT2D eigenvalue weighted by Gasteiger charge is 2.14. The van der Waals surface area contributed by atoms with Gasteiger partial charge in [-0.25, -0.2) is 13.8 Å². The number of aromatic amines is 1. The number of hydrogen-bond acceptors (Lipinski definition) is 6. The Labute approximate surface area is 168 Å². The van der Waals surface area contributed by atoms with E-state index in [1.54, 1.807) is 24.4 Å². The molecular weight excluding hydrogens is 404 g/mol. The molecule has 1 aromatic carbocycles. The number of benzene rings is 1. The van der Waals surface area contributed by atoms with Gasteiger partial charge >= 0.3 is 0 Å². The van der Waals surface area contributed by atoms with Crippen molar-refractivity contribution in [2.75, 3.05) is 5.32 Å². The Kier molecular flexibility index (Phi) is 5.13. The topological polar surface area (TPSA) is 96.0 Å². The number of imidazole rings is 1. The molecule has 4 aromatic rings. The number of anilines is 1. The molecule has 3 heterocycles. The summed E-state index contributed by atoms with van der Waals surface area (Å²) in [4.78, 5) is 14.6. The van der Waals surface area contributed by atoms with Gasteiger partial charge < -0.3 is 20.1 Å². The van der Waals surface area contributed by atoms with Crippen molar-refractivity contribution in [1.29, 1.82) is 0 Å². The van der Waals surface area contributed by atoms with Crippen molar-refractivity contribution in [2.45, 2.75) is 13.2 Å². The van der Waals surface area contributed by atoms with Gasteiger partial charge in [0.05, 0.1) is 16.2 Å². The number of hydrogen-bond donors (Lipinski definition) is 3. The lowest BCUT2D eigenvalue weighted by atomic mass is 10.2. The monoisotopic (exact) mass is 417 g/mol. The highest BCUT2D eigenvalue weighted by molar-refractivity contribution is 6.33. The first-order valence-electron chi connectivity index (χ1n) is 8.49. The molecule has 0 fully saturated rings. The van der Waals surface area contributed by atoms with E-state index in [1.165, 1.54) is 6.07 Å². The minimum absolute atomic E-state index is 0.0546. The Morgan fingerprint density at radius 1 is 1.14 bits per heavy atom. The molecule has 0 spiro atoms. The van der Waals surface area contributed by atoms with Crippen molar-refractivity contribution in [3.8, 4) is 11.8 Å². The number of nitrogens with one attached hydrogen (secondary N) is 2. The van der Waals surface area contributed by atoms with Crippen molar-refractivity contribution in [3.05, 3.63) is 70.5 Å². The molecule has 0 atom stereocenters. The summed E-state index contributed by atoms with van der Waals surface area (Å²) in [7, 11) is 0. The predicted octanol–water partition coefficient (Wildman–Crippen LogP) is 4.18. The number of fused-ring (bicyclic) bond motifs is 1. The largest absolute Gasteiger partial charge is 0.487 e. The standard InChI is InChI=1S/C19H14ClF2N5O2/c20-13-7-16-18(27-19(28)25-16)26-17(13)24-8-12-14(21)5-11(6-15(12)22)29-9-10-3-1-2-4-23-10/h1-7H,8-9H2,(H3,24,25,26,27,28). The second-order valence-electron chi connectivity index (χ2n) is 6.08. The van der Waals surface area contributed by atoms with Gasteiger partial charge in [0.25, 0.3) is 6.01 Å². The molecule has 0 saturated heterocycles. The molecule has 0 bridgehead atoms. The molecule has 29 heavy (non-hydrogen) atoms. The fourth-order valence-electron chi connectivity index (χ4n) is 2.67. The molecule has 148 valence electrons. The summed E-state index contributed by atoms with van der Waals surface area (Å²) in [6, 6.07) is 8.71. The van der Waals surface area contributed by atoms with Crippen LogP contribution in [0.5, 0.6) is 11.8 Å². The van der Waals surface area contributed by atoms with Gasteiger partial charge in [-0.1, -0.05) is 17.7 Å². The molecule has 7 nitrogen and oxygen atoms in total. The number of aromatic nitrogens is 4. The molecule has 0 aliphatic carbocycles. The van der Waals surface area contributed by atoms with E-state index in [1.807, 2.05) is 0 Å². The number of pyridine rings is 2. The molecule has 10 heteroatoms. The van der Waals surface area contributed by atoms with Crippen LogP contribution in [0, 0.1) is 11.6 Å². The number of ether oxygens (including phenoxy) is 1. The highest BCUT2D eigenvalue weighted by Crippen LogP contribution is 2.27. The average molecular weight is 418 g/mol. The Balaban J connectivity index is 1.48. The zero-order valence-electron chi connectivity index (χ0n) is 14.8. The van der Waals surface area contributed by atoms with Gasteiger partial charge in [-0.15, -0.1) is 0 Å². The lowest BCUT2D eigenvalue weighted by molar-refractivity contribution is 0.297. The second-order valence-corrected chi connectivity index (χ2v) is 6.49. The summed E-state index contributed by atoms with van der Waals surface area (Å²) in [6.45, 7) is -0.111. The molecule has 0 saturated carbocycles. The quantitative estimate of drug-likeness (QED) is 0.435. The van der Waals surface area contributed by atoms with E-state index < -0.39 is 11.6 Å². The molecule has 4 rings (SSSR count). The van der Waals surface area contributed by atoms with Gasteiger partial charge in [-0.05, 0) is 18.2 Å². The van der Waals surface area contributed by atoms with Crippen LogP contribution in [0.4, 0.5) is 14.6 Å². The van der Waals surface area contributed by atoms with Crippen molar-refractivity contribution in [3.63, 3.8) is 0 Å². The number of H-pyrrole nitrogens is 1. The summed E-state index contributed by atoms with van der Waals surface area (Å²) < 4.78 is 34.2. The fraction of sp³-hybridized carbons (Fsp3) is 0.105. The Bertz CT molecular complexity index is 1150. The summed E-state index contributed by atoms with van der Waals surface area (Å²) in [5.74, 6) is -1.31. The molecule has 0 unspecified atom stereocenters. The summed E-state index contributed by atoms with van der Waals surface area (Å²) in [5, 5.41) is 12.4. The van der Waals surface area contributed by atoms with Crippen LogP contribution in [0.1, 0.15) is 11.3 Å². The van der Waals surface area contributed by atoms with E-state index in [-0.39, 0.29) is 47.0 Å². The summed E-state index contributed by atoms with van der Waals surface area (Å²) >= 11 is 6.12. The minimum atomic E-state index is -0.775. The number of halogens is 3. The Hall–Kier alpha value is -3.46. The van der Waals surface area contributed by atoms with Crippen LogP contribution in [0.2, 0.25) is 5.02 Å². The normalized spacial score (nSPS) is 11.0. The Morgan fingerprint density at radius 3 is 2.66 bits per heavy atom. The van der Waals surface area contributed by atoms with E-state index in [0.717, 1.165) is 12.1 Å². The van der Waals surface area contributed by atoms with Crippen LogP contribution in [0.3, 0.4) is 0 Å². The lowest BCUT2D eigenvalue weighted by Gasteiger charge is -2.11. The molecule has 3 aromatic heterocycles. The van der Waals surface area contributed by atoms with Crippen LogP contribution in [0.25, 0.3) is 11.2 Å².